The summed E-state index contributed by atoms with van der Waals surface area (Å²) in [6, 6.07) is 15.6. The standard InChI is InChI=1S/C25H32N6O2/c1-4-27-11-12-28-24(32)17-30(23-10-9-20(14-26)13-19(23)2)18-25(33)29(3)31-15-21-7-5-6-8-22(21)16-31/h5-10,13,27H,4,11-12,15-18H2,1-3H3,(H,28,32). The second-order valence-corrected chi connectivity index (χ2v) is 8.18. The number of fused-ring (bicyclic) bond motifs is 1. The predicted octanol–water partition coefficient (Wildman–Crippen LogP) is 1.79. The van der Waals surface area contributed by atoms with Crippen LogP contribution in [0, 0.1) is 18.3 Å². The number of nitriles is 1. The minimum atomic E-state index is -0.152. The first-order valence-corrected chi connectivity index (χ1v) is 11.2. The minimum absolute atomic E-state index is 0.0523. The molecule has 2 amide bonds. The summed E-state index contributed by atoms with van der Waals surface area (Å²) in [5.41, 5.74) is 4.60. The Bertz CT molecular complexity index is 1010. The Balaban J connectivity index is 1.71. The Labute approximate surface area is 195 Å². The molecular weight excluding hydrogens is 416 g/mol. The zero-order valence-electron chi connectivity index (χ0n) is 19.6. The molecule has 0 spiro atoms. The van der Waals surface area contributed by atoms with Crippen LogP contribution in [0.5, 0.6) is 0 Å². The Morgan fingerprint density at radius 2 is 1.79 bits per heavy atom. The van der Waals surface area contributed by atoms with E-state index in [1.165, 1.54) is 11.1 Å². The Hall–Kier alpha value is -3.41. The van der Waals surface area contributed by atoms with E-state index < -0.39 is 0 Å². The smallest absolute Gasteiger partial charge is 0.256 e. The van der Waals surface area contributed by atoms with Crippen molar-refractivity contribution in [3.63, 3.8) is 0 Å². The van der Waals surface area contributed by atoms with Crippen LogP contribution in [-0.2, 0) is 22.7 Å². The van der Waals surface area contributed by atoms with Crippen molar-refractivity contribution in [3.8, 4) is 6.07 Å². The van der Waals surface area contributed by atoms with Crippen LogP contribution in [-0.4, -0.2) is 61.6 Å². The Morgan fingerprint density at radius 1 is 1.09 bits per heavy atom. The lowest BCUT2D eigenvalue weighted by Gasteiger charge is -2.32. The number of anilines is 1. The first kappa shape index (κ1) is 24.2. The zero-order chi connectivity index (χ0) is 23.8. The molecule has 0 fully saturated rings. The van der Waals surface area contributed by atoms with Crippen molar-refractivity contribution >= 4 is 17.5 Å². The van der Waals surface area contributed by atoms with Crippen molar-refractivity contribution < 1.29 is 9.59 Å². The number of carbonyl (C=O) groups excluding carboxylic acids is 2. The molecule has 8 nitrogen and oxygen atoms in total. The van der Waals surface area contributed by atoms with E-state index in [4.69, 9.17) is 0 Å². The average molecular weight is 449 g/mol. The highest BCUT2D eigenvalue weighted by Gasteiger charge is 2.27. The monoisotopic (exact) mass is 448 g/mol. The molecule has 0 radical (unpaired) electrons. The van der Waals surface area contributed by atoms with Crippen molar-refractivity contribution in [1.82, 2.24) is 20.7 Å². The normalized spacial score (nSPS) is 12.7. The highest BCUT2D eigenvalue weighted by molar-refractivity contribution is 5.86. The lowest BCUT2D eigenvalue weighted by Crippen LogP contribution is -2.48. The van der Waals surface area contributed by atoms with Crippen molar-refractivity contribution in [2.24, 2.45) is 0 Å². The van der Waals surface area contributed by atoms with Gasteiger partial charge in [-0.2, -0.15) is 5.26 Å². The van der Waals surface area contributed by atoms with Gasteiger partial charge in [0.25, 0.3) is 5.91 Å². The van der Waals surface area contributed by atoms with Crippen LogP contribution in [0.3, 0.4) is 0 Å². The number of carbonyl (C=O) groups is 2. The fourth-order valence-electron chi connectivity index (χ4n) is 3.95. The maximum absolute atomic E-state index is 13.2. The van der Waals surface area contributed by atoms with Gasteiger partial charge in [0.2, 0.25) is 5.91 Å². The maximum atomic E-state index is 13.2. The summed E-state index contributed by atoms with van der Waals surface area (Å²) in [4.78, 5) is 27.6. The van der Waals surface area contributed by atoms with Crippen LogP contribution in [0.15, 0.2) is 42.5 Å². The number of rotatable bonds is 10. The summed E-state index contributed by atoms with van der Waals surface area (Å²) in [5.74, 6) is -0.257. The molecule has 0 bridgehead atoms. The van der Waals surface area contributed by atoms with Gasteiger partial charge in [0.1, 0.15) is 0 Å². The van der Waals surface area contributed by atoms with E-state index in [0.29, 0.717) is 31.7 Å². The molecule has 0 aliphatic carbocycles. The largest absolute Gasteiger partial charge is 0.353 e. The quantitative estimate of drug-likeness (QED) is 0.539. The molecule has 174 valence electrons. The number of nitrogens with zero attached hydrogens (tertiary/aromatic N) is 4. The molecule has 8 heteroatoms. The fourth-order valence-corrected chi connectivity index (χ4v) is 3.95. The number of likely N-dealkylation sites (N-methyl/N-ethyl adjacent to an activating group) is 2. The van der Waals surface area contributed by atoms with Crippen molar-refractivity contribution in [2.45, 2.75) is 26.9 Å². The first-order chi connectivity index (χ1) is 15.9. The van der Waals surface area contributed by atoms with E-state index >= 15 is 0 Å². The van der Waals surface area contributed by atoms with E-state index in [9.17, 15) is 14.9 Å². The number of benzene rings is 2. The highest BCUT2D eigenvalue weighted by Crippen LogP contribution is 2.24. The third kappa shape index (κ3) is 6.31. The maximum Gasteiger partial charge on any atom is 0.256 e. The van der Waals surface area contributed by atoms with E-state index in [1.54, 1.807) is 35.2 Å². The van der Waals surface area contributed by atoms with Gasteiger partial charge in [-0.1, -0.05) is 31.2 Å². The molecule has 1 aliphatic heterocycles. The third-order valence-electron chi connectivity index (χ3n) is 5.81. The van der Waals surface area contributed by atoms with E-state index in [-0.39, 0.29) is 24.9 Å². The minimum Gasteiger partial charge on any atom is -0.353 e. The fraction of sp³-hybridized carbons (Fsp3) is 0.400. The van der Waals surface area contributed by atoms with Gasteiger partial charge in [-0.05, 0) is 48.4 Å². The number of aryl methyl sites for hydroxylation is 1. The van der Waals surface area contributed by atoms with Crippen LogP contribution in [0.2, 0.25) is 0 Å². The summed E-state index contributed by atoms with van der Waals surface area (Å²) < 4.78 is 0. The molecule has 2 N–H and O–H groups in total. The molecule has 0 atom stereocenters. The molecule has 0 saturated carbocycles. The van der Waals surface area contributed by atoms with Crippen molar-refractivity contribution in [3.05, 3.63) is 64.7 Å². The van der Waals surface area contributed by atoms with E-state index in [0.717, 1.165) is 17.8 Å². The van der Waals surface area contributed by atoms with Crippen molar-refractivity contribution in [2.75, 3.05) is 44.7 Å². The first-order valence-electron chi connectivity index (χ1n) is 11.2. The molecule has 0 saturated heterocycles. The molecule has 33 heavy (non-hydrogen) atoms. The summed E-state index contributed by atoms with van der Waals surface area (Å²) in [7, 11) is 1.77. The highest BCUT2D eigenvalue weighted by atomic mass is 16.2. The lowest BCUT2D eigenvalue weighted by atomic mass is 10.1. The summed E-state index contributed by atoms with van der Waals surface area (Å²) in [5, 5.41) is 18.9. The van der Waals surface area contributed by atoms with Gasteiger partial charge in [-0.3, -0.25) is 14.6 Å². The molecule has 0 aromatic heterocycles. The van der Waals surface area contributed by atoms with Crippen LogP contribution in [0.25, 0.3) is 0 Å². The number of hydrogen-bond donors (Lipinski definition) is 2. The van der Waals surface area contributed by atoms with Crippen LogP contribution >= 0.6 is 0 Å². The average Bonchev–Trinajstić information content (AvgIpc) is 3.25. The molecule has 0 unspecified atom stereocenters. The van der Waals surface area contributed by atoms with Crippen LogP contribution in [0.1, 0.15) is 29.2 Å². The van der Waals surface area contributed by atoms with Crippen LogP contribution < -0.4 is 15.5 Å². The number of hydrogen-bond acceptors (Lipinski definition) is 6. The van der Waals surface area contributed by atoms with Gasteiger partial charge >= 0.3 is 0 Å². The van der Waals surface area contributed by atoms with Gasteiger partial charge < -0.3 is 15.5 Å². The van der Waals surface area contributed by atoms with E-state index in [2.05, 4.69) is 28.8 Å². The summed E-state index contributed by atoms with van der Waals surface area (Å²) >= 11 is 0. The Kier molecular flexibility index (Phi) is 8.41. The summed E-state index contributed by atoms with van der Waals surface area (Å²) in [6.07, 6.45) is 0. The second-order valence-electron chi connectivity index (χ2n) is 8.18. The molecule has 1 aliphatic rings. The SMILES string of the molecule is CCNCCNC(=O)CN(CC(=O)N(C)N1Cc2ccccc2C1)c1ccc(C#N)cc1C. The van der Waals surface area contributed by atoms with Gasteiger partial charge in [0.05, 0.1) is 24.7 Å². The molecule has 2 aromatic rings. The van der Waals surface area contributed by atoms with Gasteiger partial charge in [0.15, 0.2) is 0 Å². The second kappa shape index (κ2) is 11.5. The molecule has 1 heterocycles. The van der Waals surface area contributed by atoms with Gasteiger partial charge in [0, 0.05) is 38.9 Å². The number of hydrazine groups is 1. The lowest BCUT2D eigenvalue weighted by molar-refractivity contribution is -0.145. The van der Waals surface area contributed by atoms with Crippen molar-refractivity contribution in [1.29, 1.82) is 5.26 Å². The third-order valence-corrected chi connectivity index (χ3v) is 5.81. The number of amides is 2. The van der Waals surface area contributed by atoms with Crippen LogP contribution in [0.4, 0.5) is 5.69 Å². The summed E-state index contributed by atoms with van der Waals surface area (Å²) in [6.45, 7) is 7.42. The molecular formula is C25H32N6O2. The molecule has 2 aromatic carbocycles. The van der Waals surface area contributed by atoms with Gasteiger partial charge in [-0.25, -0.2) is 5.01 Å². The molecule has 3 rings (SSSR count). The topological polar surface area (TPSA) is 91.7 Å². The predicted molar refractivity (Wildman–Crippen MR) is 128 cm³/mol. The Morgan fingerprint density at radius 3 is 2.39 bits per heavy atom. The zero-order valence-corrected chi connectivity index (χ0v) is 19.6. The van der Waals surface area contributed by atoms with E-state index in [1.807, 2.05) is 31.0 Å². The van der Waals surface area contributed by atoms with Gasteiger partial charge in [-0.15, -0.1) is 0 Å². The number of nitrogens with one attached hydrogen (secondary N) is 2.